The third kappa shape index (κ3) is 7.07. The molecule has 0 atom stereocenters. The van der Waals surface area contributed by atoms with Gasteiger partial charge >= 0.3 is 0 Å². The van der Waals surface area contributed by atoms with Gasteiger partial charge in [0.25, 0.3) is 5.91 Å². The molecule has 1 saturated carbocycles. The number of benzene rings is 1. The molecule has 11 heteroatoms. The molecule has 0 spiro atoms. The van der Waals surface area contributed by atoms with Crippen molar-refractivity contribution in [1.82, 2.24) is 19.8 Å². The lowest BCUT2D eigenvalue weighted by atomic mass is 9.83. The fraction of sp³-hybridized carbons (Fsp3) is 0.645. The van der Waals surface area contributed by atoms with Crippen molar-refractivity contribution in [3.63, 3.8) is 0 Å². The predicted molar refractivity (Wildman–Crippen MR) is 167 cm³/mol. The molecule has 1 aromatic heterocycles. The largest absolute Gasteiger partial charge is 0.494 e. The van der Waals surface area contributed by atoms with Gasteiger partial charge in [0.05, 0.1) is 24.1 Å². The number of piperazine rings is 1. The summed E-state index contributed by atoms with van der Waals surface area (Å²) in [6, 6.07) is 6.93. The normalized spacial score (nSPS) is 24.4. The van der Waals surface area contributed by atoms with Gasteiger partial charge in [0.1, 0.15) is 11.6 Å². The second-order valence-corrected chi connectivity index (χ2v) is 12.4. The molecule has 1 amide bonds. The number of nitrogens with one attached hydrogen (secondary N) is 2. The maximum Gasteiger partial charge on any atom is 0.271 e. The molecule has 2 saturated heterocycles. The molecule has 3 heterocycles. The Bertz CT molecular complexity index is 1230. The van der Waals surface area contributed by atoms with E-state index in [0.717, 1.165) is 83.5 Å². The number of hydrogen-bond acceptors (Lipinski definition) is 10. The molecule has 5 rings (SSSR count). The number of carbonyl (C=O) groups is 1. The summed E-state index contributed by atoms with van der Waals surface area (Å²) in [5.74, 6) is 0.952. The Morgan fingerprint density at radius 3 is 2.38 bits per heavy atom. The Kier molecular flexibility index (Phi) is 9.39. The van der Waals surface area contributed by atoms with Gasteiger partial charge in [0, 0.05) is 63.1 Å². The summed E-state index contributed by atoms with van der Waals surface area (Å²) in [5, 5.41) is 17.2. The Labute approximate surface area is 249 Å². The number of hydrogen-bond donors (Lipinski definition) is 4. The van der Waals surface area contributed by atoms with E-state index in [-0.39, 0.29) is 11.7 Å². The van der Waals surface area contributed by atoms with Crippen molar-refractivity contribution in [2.24, 2.45) is 5.73 Å². The molecule has 1 aliphatic carbocycles. The average molecular weight is 581 g/mol. The number of carbonyl (C=O) groups excluding carboxylic acids is 1. The number of ether oxygens (including phenoxy) is 1. The third-order valence-corrected chi connectivity index (χ3v) is 9.26. The molecule has 0 bridgehead atoms. The average Bonchev–Trinajstić information content (AvgIpc) is 2.99. The van der Waals surface area contributed by atoms with Crippen molar-refractivity contribution in [2.45, 2.75) is 76.5 Å². The van der Waals surface area contributed by atoms with Gasteiger partial charge in [-0.1, -0.05) is 6.92 Å². The zero-order valence-electron chi connectivity index (χ0n) is 25.7. The number of likely N-dealkylation sites (N-methyl/N-ethyl adjacent to an activating group) is 1. The quantitative estimate of drug-likeness (QED) is 0.351. The van der Waals surface area contributed by atoms with Crippen molar-refractivity contribution < 1.29 is 14.6 Å². The smallest absolute Gasteiger partial charge is 0.271 e. The molecule has 1 aromatic carbocycles. The van der Waals surface area contributed by atoms with Crippen LogP contribution in [0.1, 0.15) is 68.6 Å². The van der Waals surface area contributed by atoms with E-state index in [9.17, 15) is 9.90 Å². The number of methoxy groups -OCH3 is 1. The molecule has 11 nitrogen and oxygen atoms in total. The minimum absolute atomic E-state index is 0.0982. The van der Waals surface area contributed by atoms with Crippen LogP contribution in [-0.4, -0.2) is 102 Å². The van der Waals surface area contributed by atoms with Gasteiger partial charge in [-0.2, -0.15) is 0 Å². The van der Waals surface area contributed by atoms with Crippen LogP contribution >= 0.6 is 0 Å². The Hall–Kier alpha value is -3.15. The lowest BCUT2D eigenvalue weighted by molar-refractivity contribution is 0.0196. The van der Waals surface area contributed by atoms with E-state index in [4.69, 9.17) is 15.5 Å². The first kappa shape index (κ1) is 30.3. The van der Waals surface area contributed by atoms with Gasteiger partial charge in [0.15, 0.2) is 11.5 Å². The van der Waals surface area contributed by atoms with Crippen molar-refractivity contribution in [2.75, 3.05) is 69.0 Å². The summed E-state index contributed by atoms with van der Waals surface area (Å²) in [6.07, 6.45) is 6.02. The van der Waals surface area contributed by atoms with E-state index in [2.05, 4.69) is 43.4 Å². The van der Waals surface area contributed by atoms with Crippen molar-refractivity contribution in [1.29, 1.82) is 0 Å². The van der Waals surface area contributed by atoms with E-state index in [1.165, 1.54) is 0 Å². The predicted octanol–water partition coefficient (Wildman–Crippen LogP) is 3.21. The zero-order valence-corrected chi connectivity index (χ0v) is 25.7. The molecule has 2 aromatic rings. The molecule has 230 valence electrons. The number of aliphatic hydroxyl groups is 1. The maximum absolute atomic E-state index is 12.4. The van der Waals surface area contributed by atoms with Crippen LogP contribution in [0.15, 0.2) is 18.2 Å². The van der Waals surface area contributed by atoms with Crippen LogP contribution in [0.4, 0.5) is 23.0 Å². The molecule has 3 fully saturated rings. The number of primary amides is 1. The molecular formula is C31H48N8O3. The number of rotatable bonds is 9. The highest BCUT2D eigenvalue weighted by Crippen LogP contribution is 2.35. The minimum atomic E-state index is -0.640. The van der Waals surface area contributed by atoms with Gasteiger partial charge in [0.2, 0.25) is 0 Å². The van der Waals surface area contributed by atoms with E-state index in [0.29, 0.717) is 41.2 Å². The SMILES string of the molecule is CCc1nc(C(N)=O)c(Nc2ccc(N3CCC(N4CCN(C)CC4)CC3)cc2OC)nc1N[C@H]1CC[C@@](C)(O)CC1. The molecule has 0 unspecified atom stereocenters. The van der Waals surface area contributed by atoms with Crippen molar-refractivity contribution in [3.05, 3.63) is 29.6 Å². The molecule has 0 radical (unpaired) electrons. The second kappa shape index (κ2) is 13.0. The number of aromatic nitrogens is 2. The summed E-state index contributed by atoms with van der Waals surface area (Å²) >= 11 is 0. The fourth-order valence-corrected chi connectivity index (χ4v) is 6.45. The summed E-state index contributed by atoms with van der Waals surface area (Å²) < 4.78 is 5.79. The fourth-order valence-electron chi connectivity index (χ4n) is 6.45. The van der Waals surface area contributed by atoms with Gasteiger partial charge in [-0.15, -0.1) is 0 Å². The highest BCUT2D eigenvalue weighted by Gasteiger charge is 2.30. The van der Waals surface area contributed by atoms with E-state index in [1.54, 1.807) is 7.11 Å². The van der Waals surface area contributed by atoms with Gasteiger partial charge < -0.3 is 36.0 Å². The van der Waals surface area contributed by atoms with Crippen LogP contribution < -0.4 is 26.0 Å². The number of aryl methyl sites for hydroxylation is 1. The standard InChI is InChI=1S/C31H48N8O3/c1-5-24-29(33-21-8-12-31(2,41)13-9-21)36-30(27(34-24)28(32)40)35-25-7-6-23(20-26(25)42-4)38-14-10-22(11-15-38)39-18-16-37(3)17-19-39/h6-7,20-22,41H,5,8-19H2,1-4H3,(H2,32,40)(H2,33,35,36)/t21-,31+. The van der Waals surface area contributed by atoms with Crippen LogP contribution in [0, 0.1) is 0 Å². The molecule has 5 N–H and O–H groups in total. The van der Waals surface area contributed by atoms with E-state index in [1.807, 2.05) is 26.0 Å². The van der Waals surface area contributed by atoms with Gasteiger partial charge in [-0.05, 0) is 71.0 Å². The van der Waals surface area contributed by atoms with E-state index >= 15 is 0 Å². The first-order valence-electron chi connectivity index (χ1n) is 15.5. The number of amides is 1. The third-order valence-electron chi connectivity index (χ3n) is 9.26. The van der Waals surface area contributed by atoms with Crippen molar-refractivity contribution in [3.8, 4) is 5.75 Å². The van der Waals surface area contributed by atoms with Gasteiger partial charge in [-0.3, -0.25) is 9.69 Å². The number of anilines is 4. The van der Waals surface area contributed by atoms with Crippen LogP contribution in [0.2, 0.25) is 0 Å². The number of nitrogens with zero attached hydrogens (tertiary/aromatic N) is 5. The van der Waals surface area contributed by atoms with Crippen molar-refractivity contribution >= 4 is 28.9 Å². The summed E-state index contributed by atoms with van der Waals surface area (Å²) in [4.78, 5) is 29.3. The van der Waals surface area contributed by atoms with Crippen LogP contribution in [0.25, 0.3) is 0 Å². The topological polar surface area (TPSA) is 132 Å². The van der Waals surface area contributed by atoms with Crippen LogP contribution in [0.5, 0.6) is 5.75 Å². The second-order valence-electron chi connectivity index (χ2n) is 12.4. The minimum Gasteiger partial charge on any atom is -0.494 e. The zero-order chi connectivity index (χ0) is 29.9. The number of nitrogens with two attached hydrogens (primary N) is 1. The Balaban J connectivity index is 1.31. The summed E-state index contributed by atoms with van der Waals surface area (Å²) in [6.45, 7) is 10.5. The lowest BCUT2D eigenvalue weighted by Crippen LogP contribution is -2.52. The van der Waals surface area contributed by atoms with Crippen LogP contribution in [0.3, 0.4) is 0 Å². The first-order valence-corrected chi connectivity index (χ1v) is 15.5. The molecule has 2 aliphatic heterocycles. The highest BCUT2D eigenvalue weighted by molar-refractivity contribution is 5.97. The van der Waals surface area contributed by atoms with Gasteiger partial charge in [-0.25, -0.2) is 9.97 Å². The lowest BCUT2D eigenvalue weighted by Gasteiger charge is -2.42. The van der Waals surface area contributed by atoms with E-state index < -0.39 is 11.5 Å². The Morgan fingerprint density at radius 2 is 1.76 bits per heavy atom. The molecule has 3 aliphatic rings. The summed E-state index contributed by atoms with van der Waals surface area (Å²) in [7, 11) is 3.85. The maximum atomic E-state index is 12.4. The number of piperidine rings is 1. The monoisotopic (exact) mass is 580 g/mol. The van der Waals surface area contributed by atoms with Crippen LogP contribution in [-0.2, 0) is 6.42 Å². The highest BCUT2D eigenvalue weighted by atomic mass is 16.5. The molecule has 42 heavy (non-hydrogen) atoms. The molecular weight excluding hydrogens is 532 g/mol. The Morgan fingerprint density at radius 1 is 1.07 bits per heavy atom. The first-order chi connectivity index (χ1) is 20.2. The summed E-state index contributed by atoms with van der Waals surface area (Å²) in [5.41, 5.74) is 7.72.